The van der Waals surface area contributed by atoms with Crippen LogP contribution >= 0.6 is 0 Å². The molecule has 0 saturated carbocycles. The van der Waals surface area contributed by atoms with Crippen LogP contribution in [0.4, 0.5) is 18.9 Å². The molecule has 3 aromatic carbocycles. The molecule has 3 N–H and O–H groups in total. The van der Waals surface area contributed by atoms with Gasteiger partial charge in [-0.25, -0.2) is 12.7 Å². The highest BCUT2D eigenvalue weighted by atomic mass is 32.2. The van der Waals surface area contributed by atoms with E-state index in [0.717, 1.165) is 31.4 Å². The third kappa shape index (κ3) is 5.91. The lowest BCUT2D eigenvalue weighted by Gasteiger charge is -2.42. The summed E-state index contributed by atoms with van der Waals surface area (Å²) in [6, 6.07) is 9.53. The number of ether oxygens (including phenoxy) is 3. The highest BCUT2D eigenvalue weighted by Gasteiger charge is 2.64. The number of fused-ring (bicyclic) bond motifs is 1. The van der Waals surface area contributed by atoms with Crippen LogP contribution in [0.1, 0.15) is 33.5 Å². The number of nitrogens with two attached hydrogens (primary N) is 1. The van der Waals surface area contributed by atoms with E-state index in [0.29, 0.717) is 15.9 Å². The van der Waals surface area contributed by atoms with Crippen molar-refractivity contribution in [1.82, 2.24) is 9.80 Å². The fourth-order valence-corrected chi connectivity index (χ4v) is 7.97. The molecule has 0 bridgehead atoms. The van der Waals surface area contributed by atoms with Gasteiger partial charge in [-0.1, -0.05) is 11.6 Å². The Balaban J connectivity index is 1.91. The summed E-state index contributed by atoms with van der Waals surface area (Å²) in [4.78, 5) is 43.1. The Kier molecular flexibility index (Phi) is 9.07. The number of alkyl halides is 3. The standard InChI is InChI=1S/C32H33F3N4O9S/c1-17-6-10-25(47-5)22(12-17)31(38-16-19(40)14-24(38)29(42)37(2)3)21-13-18(28(36)41)7-9-23(21)39(30(31)43)49(44,45)27-11-8-20(46-4)15-26(27)48-32(33,34)35/h6-13,15,19,24,40H,14,16H2,1-5H3,(H2,36,41). The highest BCUT2D eigenvalue weighted by molar-refractivity contribution is 7.93. The van der Waals surface area contributed by atoms with E-state index in [2.05, 4.69) is 4.74 Å². The molecule has 262 valence electrons. The van der Waals surface area contributed by atoms with Gasteiger partial charge in [0.05, 0.1) is 32.1 Å². The molecule has 3 amide bonds. The molecule has 5 rings (SSSR count). The molecule has 1 fully saturated rings. The number of rotatable bonds is 9. The van der Waals surface area contributed by atoms with Crippen LogP contribution in [0.3, 0.4) is 0 Å². The monoisotopic (exact) mass is 706 g/mol. The van der Waals surface area contributed by atoms with Gasteiger partial charge >= 0.3 is 6.36 Å². The fourth-order valence-electron chi connectivity index (χ4n) is 6.41. The molecular weight excluding hydrogens is 673 g/mol. The zero-order valence-corrected chi connectivity index (χ0v) is 27.8. The summed E-state index contributed by atoms with van der Waals surface area (Å²) in [6.07, 6.45) is -6.69. The lowest BCUT2D eigenvalue weighted by Crippen LogP contribution is -2.59. The molecule has 2 heterocycles. The van der Waals surface area contributed by atoms with Gasteiger partial charge in [-0.3, -0.25) is 19.3 Å². The molecule has 2 aliphatic rings. The number of aliphatic hydroxyl groups excluding tert-OH is 1. The molecule has 0 aliphatic carbocycles. The maximum absolute atomic E-state index is 15.4. The van der Waals surface area contributed by atoms with Gasteiger partial charge in [0.2, 0.25) is 11.8 Å². The number of likely N-dealkylation sites (N-methyl/N-ethyl adjacent to an activating group) is 1. The molecular formula is C32H33F3N4O9S. The van der Waals surface area contributed by atoms with Gasteiger partial charge in [-0.2, -0.15) is 0 Å². The van der Waals surface area contributed by atoms with E-state index in [1.807, 2.05) is 0 Å². The van der Waals surface area contributed by atoms with Crippen molar-refractivity contribution in [3.63, 3.8) is 0 Å². The predicted molar refractivity (Wildman–Crippen MR) is 168 cm³/mol. The molecule has 0 radical (unpaired) electrons. The smallest absolute Gasteiger partial charge is 0.497 e. The quantitative estimate of drug-likeness (QED) is 0.337. The normalized spacial score (nSPS) is 21.0. The second-order valence-electron chi connectivity index (χ2n) is 11.7. The average Bonchev–Trinajstić information content (AvgIpc) is 3.53. The Bertz CT molecular complexity index is 1950. The first-order valence-electron chi connectivity index (χ1n) is 14.7. The summed E-state index contributed by atoms with van der Waals surface area (Å²) in [5, 5.41) is 11.0. The summed E-state index contributed by atoms with van der Waals surface area (Å²) >= 11 is 0. The SMILES string of the molecule is COc1ccc(S(=O)(=O)N2C(=O)C(c3cc(C)ccc3OC)(N3CC(O)CC3C(=O)N(C)C)c3cc(C(N)=O)ccc32)c(OC(F)(F)F)c1. The van der Waals surface area contributed by atoms with E-state index >= 15 is 4.79 Å². The number of aryl methyl sites for hydroxylation is 1. The number of hydrogen-bond acceptors (Lipinski definition) is 10. The van der Waals surface area contributed by atoms with E-state index in [-0.39, 0.29) is 46.8 Å². The van der Waals surface area contributed by atoms with Crippen molar-refractivity contribution in [2.24, 2.45) is 5.73 Å². The van der Waals surface area contributed by atoms with Crippen molar-refractivity contribution in [3.05, 3.63) is 76.9 Å². The number of carbonyl (C=O) groups excluding carboxylic acids is 3. The van der Waals surface area contributed by atoms with Crippen LogP contribution in [0, 0.1) is 6.92 Å². The van der Waals surface area contributed by atoms with E-state index in [4.69, 9.17) is 15.2 Å². The maximum atomic E-state index is 15.4. The Morgan fingerprint density at radius 1 is 1.00 bits per heavy atom. The summed E-state index contributed by atoms with van der Waals surface area (Å²) in [6.45, 7) is 1.34. The highest BCUT2D eigenvalue weighted by Crippen LogP contribution is 2.55. The second-order valence-corrected chi connectivity index (χ2v) is 13.5. The third-order valence-corrected chi connectivity index (χ3v) is 10.2. The molecule has 13 nitrogen and oxygen atoms in total. The molecule has 3 aromatic rings. The maximum Gasteiger partial charge on any atom is 0.573 e. The molecule has 17 heteroatoms. The van der Waals surface area contributed by atoms with Gasteiger partial charge in [0.1, 0.15) is 16.4 Å². The number of hydrogen-bond donors (Lipinski definition) is 2. The minimum absolute atomic E-state index is 0.0349. The van der Waals surface area contributed by atoms with Gasteiger partial charge < -0.3 is 30.0 Å². The number of carbonyl (C=O) groups is 3. The summed E-state index contributed by atoms with van der Waals surface area (Å²) in [7, 11) is 0.0681. The number of methoxy groups -OCH3 is 2. The summed E-state index contributed by atoms with van der Waals surface area (Å²) < 4.78 is 85.1. The van der Waals surface area contributed by atoms with Gasteiger partial charge in [0.15, 0.2) is 11.3 Å². The molecule has 3 unspecified atom stereocenters. The summed E-state index contributed by atoms with van der Waals surface area (Å²) in [5.74, 6) is -4.03. The summed E-state index contributed by atoms with van der Waals surface area (Å²) in [5.41, 5.74) is 3.25. The minimum atomic E-state index is -5.34. The van der Waals surface area contributed by atoms with Gasteiger partial charge in [0, 0.05) is 43.4 Å². The third-order valence-electron chi connectivity index (χ3n) is 8.46. The predicted octanol–water partition coefficient (Wildman–Crippen LogP) is 2.51. The van der Waals surface area contributed by atoms with Crippen molar-refractivity contribution in [2.75, 3.05) is 39.2 Å². The number of amides is 3. The lowest BCUT2D eigenvalue weighted by atomic mass is 9.79. The van der Waals surface area contributed by atoms with Crippen molar-refractivity contribution >= 4 is 33.4 Å². The average molecular weight is 707 g/mol. The number of nitrogens with zero attached hydrogens (tertiary/aromatic N) is 3. The topological polar surface area (TPSA) is 169 Å². The number of aliphatic hydroxyl groups is 1. The van der Waals surface area contributed by atoms with Crippen LogP contribution in [-0.2, 0) is 25.2 Å². The van der Waals surface area contributed by atoms with Crippen molar-refractivity contribution in [3.8, 4) is 17.2 Å². The first-order chi connectivity index (χ1) is 22.9. The van der Waals surface area contributed by atoms with Crippen molar-refractivity contribution in [2.45, 2.75) is 42.3 Å². The van der Waals surface area contributed by atoms with Gasteiger partial charge in [-0.15, -0.1) is 13.2 Å². The largest absolute Gasteiger partial charge is 0.573 e. The van der Waals surface area contributed by atoms with Crippen molar-refractivity contribution < 1.29 is 55.3 Å². The van der Waals surface area contributed by atoms with Crippen LogP contribution in [0.25, 0.3) is 0 Å². The molecule has 3 atom stereocenters. The first-order valence-corrected chi connectivity index (χ1v) is 16.1. The molecule has 0 aromatic heterocycles. The van der Waals surface area contributed by atoms with Crippen LogP contribution in [0.5, 0.6) is 17.2 Å². The van der Waals surface area contributed by atoms with Gasteiger partial charge in [0.25, 0.3) is 15.9 Å². The van der Waals surface area contributed by atoms with E-state index in [1.54, 1.807) is 13.0 Å². The van der Waals surface area contributed by atoms with Gasteiger partial charge in [-0.05, 0) is 55.8 Å². The Morgan fingerprint density at radius 3 is 2.29 bits per heavy atom. The Morgan fingerprint density at radius 2 is 1.69 bits per heavy atom. The number of halogens is 3. The van der Waals surface area contributed by atoms with Crippen LogP contribution in [0.15, 0.2) is 59.5 Å². The number of sulfonamides is 1. The van der Waals surface area contributed by atoms with E-state index in [9.17, 15) is 36.3 Å². The Hall–Kier alpha value is -4.87. The van der Waals surface area contributed by atoms with E-state index < -0.39 is 62.4 Å². The molecule has 2 aliphatic heterocycles. The van der Waals surface area contributed by atoms with Crippen LogP contribution in [-0.4, -0.2) is 94.4 Å². The second kappa shape index (κ2) is 12.5. The first kappa shape index (κ1) is 35.4. The number of β-amino-alcohol motifs (C(OH)–C–C–N with tert-alkyl or cyclic N) is 1. The van der Waals surface area contributed by atoms with Crippen LogP contribution in [0.2, 0.25) is 0 Å². The minimum Gasteiger partial charge on any atom is -0.497 e. The van der Waals surface area contributed by atoms with Crippen molar-refractivity contribution in [1.29, 1.82) is 0 Å². The molecule has 0 spiro atoms. The number of anilines is 1. The van der Waals surface area contributed by atoms with Crippen LogP contribution < -0.4 is 24.2 Å². The lowest BCUT2D eigenvalue weighted by molar-refractivity contribution is -0.275. The number of primary amides is 1. The number of likely N-dealkylation sites (tertiary alicyclic amines) is 1. The fraction of sp³-hybridized carbons (Fsp3) is 0.344. The number of benzene rings is 3. The zero-order valence-electron chi connectivity index (χ0n) is 26.9. The Labute approximate surface area is 279 Å². The zero-order chi connectivity index (χ0) is 36.2. The molecule has 1 saturated heterocycles. The molecule has 49 heavy (non-hydrogen) atoms. The van der Waals surface area contributed by atoms with E-state index in [1.165, 1.54) is 49.2 Å².